The van der Waals surface area contributed by atoms with E-state index >= 15 is 0 Å². The molecule has 1 atom stereocenters. The van der Waals surface area contributed by atoms with Crippen LogP contribution < -0.4 is 5.32 Å². The van der Waals surface area contributed by atoms with E-state index in [0.29, 0.717) is 31.2 Å². The largest absolute Gasteiger partial charge is 0.354 e. The van der Waals surface area contributed by atoms with Crippen LogP contribution in [0.15, 0.2) is 42.9 Å². The molecule has 2 aromatic heterocycles. The number of para-hydroxylation sites is 2. The maximum absolute atomic E-state index is 12.8. The Labute approximate surface area is 201 Å². The Hall–Kier alpha value is -2.32. The minimum Gasteiger partial charge on any atom is -0.354 e. The molecule has 0 saturated carbocycles. The van der Waals surface area contributed by atoms with E-state index in [1.807, 2.05) is 48.7 Å². The second-order valence-electron chi connectivity index (χ2n) is 8.54. The maximum atomic E-state index is 12.8. The summed E-state index contributed by atoms with van der Waals surface area (Å²) in [4.78, 5) is 15.9. The molecule has 0 bridgehead atoms. The van der Waals surface area contributed by atoms with Gasteiger partial charge < -0.3 is 19.3 Å². The quantitative estimate of drug-likeness (QED) is 0.372. The van der Waals surface area contributed by atoms with Crippen molar-refractivity contribution in [2.24, 2.45) is 5.92 Å². The van der Waals surface area contributed by atoms with Gasteiger partial charge in [-0.1, -0.05) is 12.1 Å². The SMILES string of the molecule is CCOP(=O)(CCN1CCCC(CCNc2nccc(-n3cnc4ccccc43)n2)C1)OCC. The summed E-state index contributed by atoms with van der Waals surface area (Å²) < 4.78 is 25.6. The highest BCUT2D eigenvalue weighted by molar-refractivity contribution is 7.53. The lowest BCUT2D eigenvalue weighted by molar-refractivity contribution is 0.170. The molecule has 0 spiro atoms. The zero-order valence-corrected chi connectivity index (χ0v) is 21.0. The van der Waals surface area contributed by atoms with Gasteiger partial charge in [-0.15, -0.1) is 0 Å². The first-order chi connectivity index (χ1) is 16.6. The van der Waals surface area contributed by atoms with Crippen LogP contribution >= 0.6 is 7.60 Å². The molecule has 1 unspecified atom stereocenters. The van der Waals surface area contributed by atoms with Crippen molar-refractivity contribution in [3.63, 3.8) is 0 Å². The molecular weight excluding hydrogens is 451 g/mol. The molecule has 4 rings (SSSR count). The third-order valence-electron chi connectivity index (χ3n) is 6.12. The zero-order valence-electron chi connectivity index (χ0n) is 20.1. The molecule has 3 aromatic rings. The van der Waals surface area contributed by atoms with Crippen LogP contribution in [-0.4, -0.2) is 70.0 Å². The zero-order chi connectivity index (χ0) is 23.8. The summed E-state index contributed by atoms with van der Waals surface area (Å²) in [6.07, 6.45) is 7.41. The summed E-state index contributed by atoms with van der Waals surface area (Å²) >= 11 is 0. The van der Waals surface area contributed by atoms with Crippen molar-refractivity contribution in [3.05, 3.63) is 42.9 Å². The second kappa shape index (κ2) is 11.9. The summed E-state index contributed by atoms with van der Waals surface area (Å²) in [5, 5.41) is 3.39. The van der Waals surface area contributed by atoms with Crippen LogP contribution in [0.4, 0.5) is 5.95 Å². The van der Waals surface area contributed by atoms with Crippen molar-refractivity contribution in [1.29, 1.82) is 0 Å². The third-order valence-corrected chi connectivity index (χ3v) is 8.17. The average molecular weight is 487 g/mol. The molecule has 1 aliphatic rings. The Kier molecular flexibility index (Phi) is 8.67. The fourth-order valence-electron chi connectivity index (χ4n) is 4.51. The average Bonchev–Trinajstić information content (AvgIpc) is 3.28. The molecule has 0 amide bonds. The summed E-state index contributed by atoms with van der Waals surface area (Å²) in [7, 11) is -2.99. The maximum Gasteiger partial charge on any atom is 0.331 e. The number of piperidine rings is 1. The van der Waals surface area contributed by atoms with Crippen LogP contribution in [0.3, 0.4) is 0 Å². The van der Waals surface area contributed by atoms with E-state index in [0.717, 1.165) is 55.9 Å². The minimum absolute atomic E-state index is 0.409. The Morgan fingerprint density at radius 2 is 1.97 bits per heavy atom. The lowest BCUT2D eigenvalue weighted by Gasteiger charge is -2.33. The third kappa shape index (κ3) is 6.42. The van der Waals surface area contributed by atoms with Crippen LogP contribution in [0, 0.1) is 5.92 Å². The number of fused-ring (bicyclic) bond motifs is 1. The standard InChI is InChI=1S/C24H35N6O3P/c1-3-32-34(31,33-4-2)17-16-29-15-7-8-20(18-29)11-13-25-24-26-14-12-23(28-24)30-19-27-21-9-5-6-10-22(21)30/h5-6,9-10,12,14,19-20H,3-4,7-8,11,13,15-18H2,1-2H3,(H,25,26,28). The number of nitrogens with zero attached hydrogens (tertiary/aromatic N) is 5. The number of hydrogen-bond donors (Lipinski definition) is 1. The number of aromatic nitrogens is 4. The Morgan fingerprint density at radius 1 is 1.15 bits per heavy atom. The molecule has 1 fully saturated rings. The van der Waals surface area contributed by atoms with Gasteiger partial charge >= 0.3 is 7.60 Å². The van der Waals surface area contributed by atoms with Crippen molar-refractivity contribution in [2.75, 3.05) is 50.9 Å². The number of hydrogen-bond acceptors (Lipinski definition) is 8. The highest BCUT2D eigenvalue weighted by Crippen LogP contribution is 2.47. The summed E-state index contributed by atoms with van der Waals surface area (Å²) in [5.74, 6) is 2.00. The van der Waals surface area contributed by atoms with Gasteiger partial charge in [0.1, 0.15) is 12.1 Å². The Morgan fingerprint density at radius 3 is 2.79 bits per heavy atom. The van der Waals surface area contributed by atoms with Crippen LogP contribution in [0.2, 0.25) is 0 Å². The predicted octanol–water partition coefficient (Wildman–Crippen LogP) is 4.60. The first kappa shape index (κ1) is 24.8. The first-order valence-electron chi connectivity index (χ1n) is 12.2. The van der Waals surface area contributed by atoms with E-state index in [1.54, 1.807) is 12.5 Å². The van der Waals surface area contributed by atoms with Gasteiger partial charge in [-0.05, 0) is 63.8 Å². The van der Waals surface area contributed by atoms with Gasteiger partial charge in [0.2, 0.25) is 5.95 Å². The molecule has 1 N–H and O–H groups in total. The molecule has 34 heavy (non-hydrogen) atoms. The van der Waals surface area contributed by atoms with Crippen molar-refractivity contribution in [2.45, 2.75) is 33.1 Å². The van der Waals surface area contributed by atoms with Crippen LogP contribution in [0.25, 0.3) is 16.9 Å². The van der Waals surface area contributed by atoms with Crippen molar-refractivity contribution in [3.8, 4) is 5.82 Å². The van der Waals surface area contributed by atoms with Gasteiger partial charge in [0.15, 0.2) is 0 Å². The van der Waals surface area contributed by atoms with Crippen molar-refractivity contribution < 1.29 is 13.6 Å². The van der Waals surface area contributed by atoms with Gasteiger partial charge in [-0.3, -0.25) is 9.13 Å². The molecule has 1 saturated heterocycles. The van der Waals surface area contributed by atoms with Crippen LogP contribution in [-0.2, 0) is 13.6 Å². The number of imidazole rings is 1. The molecule has 1 aromatic carbocycles. The van der Waals surface area contributed by atoms with Gasteiger partial charge in [0.05, 0.1) is 30.4 Å². The molecule has 184 valence electrons. The highest BCUT2D eigenvalue weighted by atomic mass is 31.2. The monoisotopic (exact) mass is 486 g/mol. The fraction of sp³-hybridized carbons (Fsp3) is 0.542. The Balaban J connectivity index is 1.27. The summed E-state index contributed by atoms with van der Waals surface area (Å²) in [6.45, 7) is 8.11. The summed E-state index contributed by atoms with van der Waals surface area (Å²) in [6, 6.07) is 9.90. The first-order valence-corrected chi connectivity index (χ1v) is 13.9. The predicted molar refractivity (Wildman–Crippen MR) is 135 cm³/mol. The van der Waals surface area contributed by atoms with Gasteiger partial charge in [-0.2, -0.15) is 4.98 Å². The number of rotatable bonds is 12. The van der Waals surface area contributed by atoms with Crippen molar-refractivity contribution >= 4 is 24.6 Å². The fourth-order valence-corrected chi connectivity index (χ4v) is 6.16. The van der Waals surface area contributed by atoms with E-state index in [2.05, 4.69) is 25.2 Å². The molecule has 3 heterocycles. The molecule has 10 heteroatoms. The lowest BCUT2D eigenvalue weighted by Crippen LogP contribution is -2.38. The van der Waals surface area contributed by atoms with Crippen LogP contribution in [0.5, 0.6) is 0 Å². The number of likely N-dealkylation sites (tertiary alicyclic amines) is 1. The number of anilines is 1. The van der Waals surface area contributed by atoms with Crippen LogP contribution in [0.1, 0.15) is 33.1 Å². The molecule has 1 aliphatic heterocycles. The molecule has 0 radical (unpaired) electrons. The van der Waals surface area contributed by atoms with E-state index in [-0.39, 0.29) is 0 Å². The highest BCUT2D eigenvalue weighted by Gasteiger charge is 2.26. The number of benzene rings is 1. The van der Waals surface area contributed by atoms with Gasteiger partial charge in [0.25, 0.3) is 0 Å². The smallest absolute Gasteiger partial charge is 0.331 e. The van der Waals surface area contributed by atoms with Gasteiger partial charge in [-0.25, -0.2) is 9.97 Å². The topological polar surface area (TPSA) is 94.4 Å². The van der Waals surface area contributed by atoms with E-state index in [1.165, 1.54) is 6.42 Å². The van der Waals surface area contributed by atoms with Crippen molar-refractivity contribution in [1.82, 2.24) is 24.4 Å². The molecular formula is C24H35N6O3P. The van der Waals surface area contributed by atoms with E-state index < -0.39 is 7.60 Å². The van der Waals surface area contributed by atoms with E-state index in [9.17, 15) is 4.57 Å². The lowest BCUT2D eigenvalue weighted by atomic mass is 9.95. The molecule has 0 aliphatic carbocycles. The minimum atomic E-state index is -2.99. The number of nitrogens with one attached hydrogen (secondary N) is 1. The molecule has 9 nitrogen and oxygen atoms in total. The van der Waals surface area contributed by atoms with E-state index in [4.69, 9.17) is 9.05 Å². The Bertz CT molecular complexity index is 1100. The normalized spacial score (nSPS) is 17.3. The second-order valence-corrected chi connectivity index (χ2v) is 10.7. The van der Waals surface area contributed by atoms with Gasteiger partial charge in [0, 0.05) is 25.8 Å². The summed E-state index contributed by atoms with van der Waals surface area (Å²) in [5.41, 5.74) is 1.96.